The summed E-state index contributed by atoms with van der Waals surface area (Å²) in [6, 6.07) is 9.59. The molecule has 0 amide bonds. The zero-order valence-corrected chi connectivity index (χ0v) is 11.1. The van der Waals surface area contributed by atoms with Crippen LogP contribution in [0.2, 0.25) is 0 Å². The minimum absolute atomic E-state index is 0.293. The predicted molar refractivity (Wildman–Crippen MR) is 71.5 cm³/mol. The van der Waals surface area contributed by atoms with Gasteiger partial charge in [-0.25, -0.2) is 0 Å². The first-order valence-corrected chi connectivity index (χ1v) is 6.50. The molecule has 1 unspecified atom stereocenters. The fourth-order valence-corrected chi connectivity index (χ4v) is 2.06. The van der Waals surface area contributed by atoms with Crippen molar-refractivity contribution in [1.29, 1.82) is 5.26 Å². The van der Waals surface area contributed by atoms with Crippen molar-refractivity contribution in [2.24, 2.45) is 5.92 Å². The Morgan fingerprint density at radius 3 is 2.83 bits per heavy atom. The number of nitriles is 1. The summed E-state index contributed by atoms with van der Waals surface area (Å²) in [6.45, 7) is 1.04. The highest BCUT2D eigenvalue weighted by Crippen LogP contribution is 2.36. The van der Waals surface area contributed by atoms with Crippen LogP contribution in [0.4, 0.5) is 0 Å². The first kappa shape index (κ1) is 12.9. The normalized spacial score (nSPS) is 16.3. The maximum Gasteiger partial charge on any atom is 0.121 e. The van der Waals surface area contributed by atoms with E-state index in [-0.39, 0.29) is 0 Å². The Labute approximate surface area is 109 Å². The van der Waals surface area contributed by atoms with Crippen molar-refractivity contribution in [2.75, 3.05) is 20.6 Å². The molecule has 3 heteroatoms. The molecule has 0 aromatic heterocycles. The lowest BCUT2D eigenvalue weighted by atomic mass is 10.1. The van der Waals surface area contributed by atoms with Crippen LogP contribution in [0.1, 0.15) is 24.8 Å². The van der Waals surface area contributed by atoms with E-state index in [0.29, 0.717) is 17.6 Å². The van der Waals surface area contributed by atoms with E-state index in [9.17, 15) is 0 Å². The molecule has 1 aromatic rings. The molecule has 96 valence electrons. The zero-order chi connectivity index (χ0) is 13.0. The third-order valence-corrected chi connectivity index (χ3v) is 3.26. The number of benzene rings is 1. The summed E-state index contributed by atoms with van der Waals surface area (Å²) in [5, 5.41) is 8.88. The maximum absolute atomic E-state index is 8.88. The Morgan fingerprint density at radius 2 is 2.22 bits per heavy atom. The van der Waals surface area contributed by atoms with Crippen molar-refractivity contribution >= 4 is 0 Å². The molecule has 2 rings (SSSR count). The maximum atomic E-state index is 8.88. The Kier molecular flexibility index (Phi) is 4.22. The molecule has 0 aliphatic heterocycles. The average Bonchev–Trinajstić information content (AvgIpc) is 3.18. The molecule has 1 aromatic carbocycles. The second-order valence-electron chi connectivity index (χ2n) is 5.23. The van der Waals surface area contributed by atoms with E-state index >= 15 is 0 Å². The molecule has 18 heavy (non-hydrogen) atoms. The highest BCUT2D eigenvalue weighted by Gasteiger charge is 2.32. The van der Waals surface area contributed by atoms with Gasteiger partial charge in [0.25, 0.3) is 0 Å². The summed E-state index contributed by atoms with van der Waals surface area (Å²) in [4.78, 5) is 2.18. The third kappa shape index (κ3) is 3.75. The average molecular weight is 244 g/mol. The first-order valence-electron chi connectivity index (χ1n) is 6.50. The van der Waals surface area contributed by atoms with Crippen molar-refractivity contribution in [3.05, 3.63) is 29.8 Å². The van der Waals surface area contributed by atoms with Crippen LogP contribution in [0.5, 0.6) is 5.75 Å². The smallest absolute Gasteiger partial charge is 0.121 e. The topological polar surface area (TPSA) is 36.3 Å². The summed E-state index contributed by atoms with van der Waals surface area (Å²) in [5.74, 6) is 1.53. The van der Waals surface area contributed by atoms with Gasteiger partial charge in [-0.2, -0.15) is 5.26 Å². The lowest BCUT2D eigenvalue weighted by molar-refractivity contribution is 0.155. The Morgan fingerprint density at radius 1 is 1.44 bits per heavy atom. The van der Waals surface area contributed by atoms with E-state index in [4.69, 9.17) is 10.00 Å². The molecule has 1 fully saturated rings. The molecule has 0 N–H and O–H groups in total. The van der Waals surface area contributed by atoms with Gasteiger partial charge >= 0.3 is 0 Å². The van der Waals surface area contributed by atoms with Crippen LogP contribution in [0.3, 0.4) is 0 Å². The van der Waals surface area contributed by atoms with Crippen molar-refractivity contribution < 1.29 is 4.74 Å². The molecule has 1 saturated carbocycles. The molecule has 0 bridgehead atoms. The molecular formula is C15H20N2O. The monoisotopic (exact) mass is 244 g/mol. The molecular weight excluding hydrogens is 224 g/mol. The Bertz CT molecular complexity index is 432. The van der Waals surface area contributed by atoms with Crippen LogP contribution in [0.15, 0.2) is 24.3 Å². The number of hydrogen-bond acceptors (Lipinski definition) is 3. The minimum Gasteiger partial charge on any atom is -0.490 e. The molecule has 0 heterocycles. The summed E-state index contributed by atoms with van der Waals surface area (Å²) < 4.78 is 6.05. The zero-order valence-electron chi connectivity index (χ0n) is 11.1. The molecule has 1 aliphatic rings. The Hall–Kier alpha value is -1.53. The summed E-state index contributed by atoms with van der Waals surface area (Å²) in [7, 11) is 4.17. The first-order chi connectivity index (χ1) is 8.69. The minimum atomic E-state index is 0.293. The number of hydrogen-bond donors (Lipinski definition) is 0. The van der Waals surface area contributed by atoms with E-state index < -0.39 is 0 Å². The second-order valence-corrected chi connectivity index (χ2v) is 5.23. The quantitative estimate of drug-likeness (QED) is 0.772. The molecule has 0 spiro atoms. The molecule has 1 aliphatic carbocycles. The number of nitrogens with zero attached hydrogens (tertiary/aromatic N) is 2. The highest BCUT2D eigenvalue weighted by atomic mass is 16.5. The van der Waals surface area contributed by atoms with Crippen molar-refractivity contribution in [3.63, 3.8) is 0 Å². The van der Waals surface area contributed by atoms with Crippen LogP contribution < -0.4 is 4.74 Å². The number of rotatable bonds is 6. The van der Waals surface area contributed by atoms with Crippen LogP contribution >= 0.6 is 0 Å². The van der Waals surface area contributed by atoms with E-state index in [1.165, 1.54) is 12.8 Å². The van der Waals surface area contributed by atoms with E-state index in [2.05, 4.69) is 25.1 Å². The summed E-state index contributed by atoms with van der Waals surface area (Å²) in [6.07, 6.45) is 3.89. The van der Waals surface area contributed by atoms with Gasteiger partial charge in [0.1, 0.15) is 11.9 Å². The van der Waals surface area contributed by atoms with E-state index in [1.807, 2.05) is 18.2 Å². The van der Waals surface area contributed by atoms with Crippen LogP contribution in [-0.4, -0.2) is 31.6 Å². The van der Waals surface area contributed by atoms with E-state index in [1.54, 1.807) is 6.07 Å². The van der Waals surface area contributed by atoms with Gasteiger partial charge in [0.15, 0.2) is 0 Å². The van der Waals surface area contributed by atoms with Gasteiger partial charge in [0.05, 0.1) is 11.6 Å². The van der Waals surface area contributed by atoms with E-state index in [0.717, 1.165) is 18.7 Å². The highest BCUT2D eigenvalue weighted by molar-refractivity contribution is 5.36. The van der Waals surface area contributed by atoms with Gasteiger partial charge in [-0.3, -0.25) is 0 Å². The lowest BCUT2D eigenvalue weighted by Gasteiger charge is -2.20. The molecule has 1 atom stereocenters. The summed E-state index contributed by atoms with van der Waals surface area (Å²) in [5.41, 5.74) is 0.662. The lowest BCUT2D eigenvalue weighted by Crippen LogP contribution is -2.25. The van der Waals surface area contributed by atoms with Gasteiger partial charge in [-0.1, -0.05) is 6.07 Å². The van der Waals surface area contributed by atoms with Crippen LogP contribution in [0.25, 0.3) is 0 Å². The molecule has 0 radical (unpaired) electrons. The predicted octanol–water partition coefficient (Wildman–Crippen LogP) is 2.67. The van der Waals surface area contributed by atoms with Gasteiger partial charge < -0.3 is 9.64 Å². The van der Waals surface area contributed by atoms with Crippen molar-refractivity contribution in [2.45, 2.75) is 25.4 Å². The molecule has 0 saturated heterocycles. The summed E-state index contributed by atoms with van der Waals surface area (Å²) >= 11 is 0. The van der Waals surface area contributed by atoms with Crippen LogP contribution in [-0.2, 0) is 0 Å². The Balaban J connectivity index is 1.97. The second kappa shape index (κ2) is 5.88. The van der Waals surface area contributed by atoms with Crippen molar-refractivity contribution in [3.8, 4) is 11.8 Å². The fraction of sp³-hybridized carbons (Fsp3) is 0.533. The fourth-order valence-electron chi connectivity index (χ4n) is 2.06. The molecule has 3 nitrogen and oxygen atoms in total. The van der Waals surface area contributed by atoms with Crippen molar-refractivity contribution in [1.82, 2.24) is 4.90 Å². The standard InChI is InChI=1S/C15H20N2O/c1-17(2)9-8-15(13-6-7-13)18-14-5-3-4-12(10-14)11-16/h3-5,10,13,15H,6-9H2,1-2H3. The van der Waals surface area contributed by atoms with Gasteiger partial charge in [0, 0.05) is 6.54 Å². The van der Waals surface area contributed by atoms with Gasteiger partial charge in [0.2, 0.25) is 0 Å². The third-order valence-electron chi connectivity index (χ3n) is 3.26. The van der Waals surface area contributed by atoms with Gasteiger partial charge in [-0.05, 0) is 57.5 Å². The number of ether oxygens (including phenoxy) is 1. The SMILES string of the molecule is CN(C)CCC(Oc1cccc(C#N)c1)C1CC1. The van der Waals surface area contributed by atoms with Crippen LogP contribution in [0, 0.1) is 17.2 Å². The largest absolute Gasteiger partial charge is 0.490 e. The van der Waals surface area contributed by atoms with Gasteiger partial charge in [-0.15, -0.1) is 0 Å².